The monoisotopic (exact) mass is 471 g/mol. The maximum atomic E-state index is 13.6. The van der Waals surface area contributed by atoms with E-state index in [-0.39, 0.29) is 11.9 Å². The van der Waals surface area contributed by atoms with Crippen LogP contribution < -0.4 is 10.2 Å². The van der Waals surface area contributed by atoms with Gasteiger partial charge in [0.25, 0.3) is 5.91 Å². The molecule has 2 aromatic rings. The van der Waals surface area contributed by atoms with Gasteiger partial charge in [-0.05, 0) is 49.0 Å². The maximum Gasteiger partial charge on any atom is 0.254 e. The molecule has 2 aromatic carbocycles. The summed E-state index contributed by atoms with van der Waals surface area (Å²) in [6.45, 7) is 4.29. The van der Waals surface area contributed by atoms with Crippen molar-refractivity contribution in [2.45, 2.75) is 13.0 Å². The number of hydrogen-bond donors (Lipinski definition) is 1. The molecule has 1 saturated heterocycles. The van der Waals surface area contributed by atoms with Crippen LogP contribution in [0.4, 0.5) is 5.69 Å². The zero-order valence-electron chi connectivity index (χ0n) is 16.1. The third kappa shape index (κ3) is 4.08. The van der Waals surface area contributed by atoms with Crippen LogP contribution >= 0.6 is 28.1 Å². The van der Waals surface area contributed by atoms with Gasteiger partial charge in [-0.15, -0.1) is 0 Å². The van der Waals surface area contributed by atoms with Crippen molar-refractivity contribution in [1.29, 1.82) is 0 Å². The second-order valence-electron chi connectivity index (χ2n) is 7.01. The van der Waals surface area contributed by atoms with E-state index >= 15 is 0 Å². The van der Waals surface area contributed by atoms with E-state index in [2.05, 4.69) is 21.2 Å². The number of benzene rings is 2. The highest BCUT2D eigenvalue weighted by Gasteiger charge is 2.36. The number of amides is 1. The SMILES string of the molecule is CC1=C(C(=O)N2CCOCC2)[C@H](c2ccc(Br)cc2)NC(=S)N1c1ccccc1. The van der Waals surface area contributed by atoms with Gasteiger partial charge in [0.1, 0.15) is 0 Å². The van der Waals surface area contributed by atoms with E-state index in [1.54, 1.807) is 0 Å². The average molecular weight is 472 g/mol. The lowest BCUT2D eigenvalue weighted by Crippen LogP contribution is -2.51. The largest absolute Gasteiger partial charge is 0.378 e. The Kier molecular flexibility index (Phi) is 5.99. The molecule has 7 heteroatoms. The molecule has 1 fully saturated rings. The number of anilines is 1. The molecule has 2 aliphatic heterocycles. The van der Waals surface area contributed by atoms with Crippen molar-refractivity contribution < 1.29 is 9.53 Å². The van der Waals surface area contributed by atoms with E-state index in [0.29, 0.717) is 37.0 Å². The molecular weight excluding hydrogens is 450 g/mol. The number of carbonyl (C=O) groups excluding carboxylic acids is 1. The van der Waals surface area contributed by atoms with Gasteiger partial charge in [0.05, 0.1) is 24.8 Å². The van der Waals surface area contributed by atoms with Gasteiger partial charge < -0.3 is 15.0 Å². The topological polar surface area (TPSA) is 44.8 Å². The minimum absolute atomic E-state index is 0.0228. The molecule has 2 heterocycles. The molecule has 150 valence electrons. The Labute approximate surface area is 184 Å². The maximum absolute atomic E-state index is 13.6. The lowest BCUT2D eigenvalue weighted by molar-refractivity contribution is -0.131. The number of nitrogens with one attached hydrogen (secondary N) is 1. The highest BCUT2D eigenvalue weighted by Crippen LogP contribution is 2.35. The predicted octanol–water partition coefficient (Wildman–Crippen LogP) is 4.02. The van der Waals surface area contributed by atoms with Gasteiger partial charge in [-0.25, -0.2) is 0 Å². The van der Waals surface area contributed by atoms with Gasteiger partial charge in [0.15, 0.2) is 5.11 Å². The molecular formula is C22H22BrN3O2S. The van der Waals surface area contributed by atoms with Gasteiger partial charge in [0, 0.05) is 28.9 Å². The summed E-state index contributed by atoms with van der Waals surface area (Å²) in [5.74, 6) is 0.0228. The fraction of sp³-hybridized carbons (Fsp3) is 0.273. The zero-order valence-corrected chi connectivity index (χ0v) is 18.5. The molecule has 5 nitrogen and oxygen atoms in total. The molecule has 0 aliphatic carbocycles. The van der Waals surface area contributed by atoms with Crippen molar-refractivity contribution in [3.05, 3.63) is 75.9 Å². The van der Waals surface area contributed by atoms with Crippen LogP contribution in [0.3, 0.4) is 0 Å². The number of nitrogens with zero attached hydrogens (tertiary/aromatic N) is 2. The van der Waals surface area contributed by atoms with Crippen molar-refractivity contribution in [1.82, 2.24) is 10.2 Å². The number of halogens is 1. The summed E-state index contributed by atoms with van der Waals surface area (Å²) in [7, 11) is 0. The minimum Gasteiger partial charge on any atom is -0.378 e. The number of allylic oxidation sites excluding steroid dienone is 1. The first-order chi connectivity index (χ1) is 14.1. The smallest absolute Gasteiger partial charge is 0.254 e. The molecule has 0 radical (unpaired) electrons. The van der Waals surface area contributed by atoms with Crippen molar-refractivity contribution >= 4 is 44.9 Å². The lowest BCUT2D eigenvalue weighted by Gasteiger charge is -2.40. The van der Waals surface area contributed by atoms with Gasteiger partial charge >= 0.3 is 0 Å². The summed E-state index contributed by atoms with van der Waals surface area (Å²) in [5.41, 5.74) is 3.50. The number of carbonyl (C=O) groups is 1. The zero-order chi connectivity index (χ0) is 20.4. The molecule has 4 rings (SSSR count). The number of rotatable bonds is 3. The minimum atomic E-state index is -0.300. The van der Waals surface area contributed by atoms with E-state index in [1.165, 1.54) is 0 Å². The summed E-state index contributed by atoms with van der Waals surface area (Å²) in [6.07, 6.45) is 0. The Morgan fingerprint density at radius 1 is 1.10 bits per heavy atom. The quantitative estimate of drug-likeness (QED) is 0.684. The average Bonchev–Trinajstić information content (AvgIpc) is 2.75. The molecule has 2 aliphatic rings. The van der Waals surface area contributed by atoms with Crippen LogP contribution in [0, 0.1) is 0 Å². The van der Waals surface area contributed by atoms with Crippen LogP contribution in [0.1, 0.15) is 18.5 Å². The van der Waals surface area contributed by atoms with Gasteiger partial charge in [-0.2, -0.15) is 0 Å². The van der Waals surface area contributed by atoms with Crippen molar-refractivity contribution in [3.8, 4) is 0 Å². The van der Waals surface area contributed by atoms with Crippen LogP contribution in [0.25, 0.3) is 0 Å². The fourth-order valence-electron chi connectivity index (χ4n) is 3.75. The molecule has 1 N–H and O–H groups in total. The van der Waals surface area contributed by atoms with E-state index in [0.717, 1.165) is 21.4 Å². The first-order valence-electron chi connectivity index (χ1n) is 9.55. The lowest BCUT2D eigenvalue weighted by atomic mass is 9.93. The Morgan fingerprint density at radius 2 is 1.76 bits per heavy atom. The van der Waals surface area contributed by atoms with Gasteiger partial charge in [0.2, 0.25) is 0 Å². The summed E-state index contributed by atoms with van der Waals surface area (Å²) >= 11 is 9.20. The fourth-order valence-corrected chi connectivity index (χ4v) is 4.37. The van der Waals surface area contributed by atoms with Gasteiger partial charge in [-0.1, -0.05) is 46.3 Å². The van der Waals surface area contributed by atoms with Crippen LogP contribution in [-0.4, -0.2) is 42.2 Å². The predicted molar refractivity (Wildman–Crippen MR) is 122 cm³/mol. The number of hydrogen-bond acceptors (Lipinski definition) is 3. The van der Waals surface area contributed by atoms with E-state index in [4.69, 9.17) is 17.0 Å². The van der Waals surface area contributed by atoms with Crippen molar-refractivity contribution in [2.75, 3.05) is 31.2 Å². The molecule has 0 saturated carbocycles. The summed E-state index contributed by atoms with van der Waals surface area (Å²) in [6, 6.07) is 17.6. The molecule has 0 bridgehead atoms. The Hall–Kier alpha value is -2.22. The first kappa shape index (κ1) is 20.1. The Bertz CT molecular complexity index is 940. The molecule has 1 amide bonds. The molecule has 0 aromatic heterocycles. The third-order valence-corrected chi connectivity index (χ3v) is 6.06. The second-order valence-corrected chi connectivity index (χ2v) is 8.31. The van der Waals surface area contributed by atoms with Crippen LogP contribution in [0.5, 0.6) is 0 Å². The number of thiocarbonyl (C=S) groups is 1. The van der Waals surface area contributed by atoms with E-state index in [9.17, 15) is 4.79 Å². The highest BCUT2D eigenvalue weighted by atomic mass is 79.9. The summed E-state index contributed by atoms with van der Waals surface area (Å²) in [4.78, 5) is 17.4. The van der Waals surface area contributed by atoms with Gasteiger partial charge in [-0.3, -0.25) is 9.69 Å². The van der Waals surface area contributed by atoms with Crippen LogP contribution in [-0.2, 0) is 9.53 Å². The van der Waals surface area contributed by atoms with E-state index in [1.807, 2.05) is 71.3 Å². The van der Waals surface area contributed by atoms with Crippen LogP contribution in [0.2, 0.25) is 0 Å². The molecule has 0 spiro atoms. The number of para-hydroxylation sites is 1. The normalized spacial score (nSPS) is 19.9. The number of morpholine rings is 1. The standard InChI is InChI=1S/C22H22BrN3O2S/c1-15-19(21(27)25-11-13-28-14-12-25)20(16-7-9-17(23)10-8-16)24-22(29)26(15)18-5-3-2-4-6-18/h2-10,20H,11-14H2,1H3,(H,24,29)/t20-/m0/s1. The third-order valence-electron chi connectivity index (χ3n) is 5.23. The first-order valence-corrected chi connectivity index (χ1v) is 10.8. The second kappa shape index (κ2) is 8.65. The summed E-state index contributed by atoms with van der Waals surface area (Å²) in [5, 5.41) is 3.99. The summed E-state index contributed by atoms with van der Waals surface area (Å²) < 4.78 is 6.43. The highest BCUT2D eigenvalue weighted by molar-refractivity contribution is 9.10. The van der Waals surface area contributed by atoms with Crippen molar-refractivity contribution in [2.24, 2.45) is 0 Å². The van der Waals surface area contributed by atoms with Crippen LogP contribution in [0.15, 0.2) is 70.3 Å². The Morgan fingerprint density at radius 3 is 2.41 bits per heavy atom. The Balaban J connectivity index is 1.80. The van der Waals surface area contributed by atoms with E-state index < -0.39 is 0 Å². The molecule has 0 unspecified atom stereocenters. The van der Waals surface area contributed by atoms with Crippen molar-refractivity contribution in [3.63, 3.8) is 0 Å². The number of ether oxygens (including phenoxy) is 1. The molecule has 29 heavy (non-hydrogen) atoms. The molecule has 1 atom stereocenters.